The molecule has 0 aliphatic carbocycles. The molecule has 2 heterocycles. The number of hydrogen-bond donors (Lipinski definition) is 1. The Kier molecular flexibility index (Phi) is 8.72. The van der Waals surface area contributed by atoms with Crippen LogP contribution in [0.25, 0.3) is 0 Å². The highest BCUT2D eigenvalue weighted by Crippen LogP contribution is 2.29. The summed E-state index contributed by atoms with van der Waals surface area (Å²) in [4.78, 5) is 32.6. The molecule has 0 saturated carbocycles. The van der Waals surface area contributed by atoms with Crippen molar-refractivity contribution >= 4 is 17.5 Å². The Balaban J connectivity index is 1.62. The number of ether oxygens (including phenoxy) is 1. The van der Waals surface area contributed by atoms with E-state index in [4.69, 9.17) is 4.74 Å². The number of para-hydroxylation sites is 1. The summed E-state index contributed by atoms with van der Waals surface area (Å²) in [5.41, 5.74) is 1.61. The van der Waals surface area contributed by atoms with Crippen molar-refractivity contribution < 1.29 is 14.3 Å². The van der Waals surface area contributed by atoms with Crippen molar-refractivity contribution in [1.29, 1.82) is 0 Å². The van der Waals surface area contributed by atoms with Gasteiger partial charge in [-0.2, -0.15) is 0 Å². The second-order valence-corrected chi connectivity index (χ2v) is 8.66. The molecular weight excluding hydrogens is 392 g/mol. The summed E-state index contributed by atoms with van der Waals surface area (Å²) in [6.07, 6.45) is 4.28. The van der Waals surface area contributed by atoms with E-state index in [1.165, 1.54) is 0 Å². The molecular formula is C24H38N4O3. The van der Waals surface area contributed by atoms with Gasteiger partial charge in [-0.3, -0.25) is 9.59 Å². The van der Waals surface area contributed by atoms with Crippen molar-refractivity contribution in [2.45, 2.75) is 38.6 Å². The average Bonchev–Trinajstić information content (AvgIpc) is 2.80. The molecule has 1 aromatic carbocycles. The van der Waals surface area contributed by atoms with Crippen LogP contribution in [0.1, 0.15) is 43.0 Å². The minimum Gasteiger partial charge on any atom is -0.383 e. The molecule has 0 aromatic heterocycles. The molecule has 1 N–H and O–H groups in total. The number of carbonyl (C=O) groups excluding carboxylic acids is 2. The average molecular weight is 431 g/mol. The van der Waals surface area contributed by atoms with E-state index in [1.807, 2.05) is 29.2 Å². The summed E-state index contributed by atoms with van der Waals surface area (Å²) < 4.78 is 5.02. The highest BCUT2D eigenvalue weighted by Gasteiger charge is 2.37. The van der Waals surface area contributed by atoms with Gasteiger partial charge < -0.3 is 24.8 Å². The highest BCUT2D eigenvalue weighted by atomic mass is 16.5. The summed E-state index contributed by atoms with van der Waals surface area (Å²) in [5.74, 6) is 0.346. The van der Waals surface area contributed by atoms with Crippen molar-refractivity contribution in [3.8, 4) is 0 Å². The van der Waals surface area contributed by atoms with E-state index in [9.17, 15) is 9.59 Å². The SMILES string of the molecule is CCCC1C(C(=O)N2CCN(c3ccccc3C(=O)NCCOC)CC2)CCCN1C. The molecule has 7 heteroatoms. The zero-order chi connectivity index (χ0) is 22.2. The van der Waals surface area contributed by atoms with Crippen LogP contribution in [0.5, 0.6) is 0 Å². The van der Waals surface area contributed by atoms with Gasteiger partial charge in [0, 0.05) is 51.6 Å². The maximum absolute atomic E-state index is 13.4. The van der Waals surface area contributed by atoms with Crippen LogP contribution in [0.4, 0.5) is 5.69 Å². The zero-order valence-corrected chi connectivity index (χ0v) is 19.3. The first kappa shape index (κ1) is 23.5. The third kappa shape index (κ3) is 5.77. The predicted molar refractivity (Wildman–Crippen MR) is 123 cm³/mol. The highest BCUT2D eigenvalue weighted by molar-refractivity contribution is 5.99. The fourth-order valence-electron chi connectivity index (χ4n) is 4.94. The number of rotatable bonds is 8. The van der Waals surface area contributed by atoms with Crippen LogP contribution in [0.15, 0.2) is 24.3 Å². The lowest BCUT2D eigenvalue weighted by Crippen LogP contribution is -2.55. The normalized spacial score (nSPS) is 22.4. The van der Waals surface area contributed by atoms with Gasteiger partial charge in [-0.25, -0.2) is 0 Å². The van der Waals surface area contributed by atoms with E-state index >= 15 is 0 Å². The van der Waals surface area contributed by atoms with Crippen LogP contribution in [-0.4, -0.2) is 87.7 Å². The molecule has 2 saturated heterocycles. The van der Waals surface area contributed by atoms with Gasteiger partial charge >= 0.3 is 0 Å². The Morgan fingerprint density at radius 1 is 1.13 bits per heavy atom. The summed E-state index contributed by atoms with van der Waals surface area (Å²) in [7, 11) is 3.78. The molecule has 31 heavy (non-hydrogen) atoms. The van der Waals surface area contributed by atoms with Gasteiger partial charge in [0.05, 0.1) is 18.1 Å². The second kappa shape index (κ2) is 11.5. The first-order valence-corrected chi connectivity index (χ1v) is 11.7. The number of anilines is 1. The summed E-state index contributed by atoms with van der Waals surface area (Å²) in [6, 6.07) is 8.08. The van der Waals surface area contributed by atoms with Crippen molar-refractivity contribution in [2.75, 3.05) is 64.9 Å². The second-order valence-electron chi connectivity index (χ2n) is 8.66. The number of hydrogen-bond acceptors (Lipinski definition) is 5. The number of piperazine rings is 1. The Hall–Kier alpha value is -2.12. The van der Waals surface area contributed by atoms with Crippen LogP contribution < -0.4 is 10.2 Å². The third-order valence-corrected chi connectivity index (χ3v) is 6.63. The molecule has 0 bridgehead atoms. The number of likely N-dealkylation sites (tertiary alicyclic amines) is 1. The maximum atomic E-state index is 13.4. The van der Waals surface area contributed by atoms with Crippen molar-refractivity contribution in [3.63, 3.8) is 0 Å². The number of piperidine rings is 1. The fraction of sp³-hybridized carbons (Fsp3) is 0.667. The maximum Gasteiger partial charge on any atom is 0.253 e. The van der Waals surface area contributed by atoms with Gasteiger partial charge in [0.15, 0.2) is 0 Å². The van der Waals surface area contributed by atoms with Crippen molar-refractivity contribution in [3.05, 3.63) is 29.8 Å². The first-order valence-electron chi connectivity index (χ1n) is 11.7. The van der Waals surface area contributed by atoms with Crippen molar-refractivity contribution in [1.82, 2.24) is 15.1 Å². The van der Waals surface area contributed by atoms with Gasteiger partial charge in [0.1, 0.15) is 0 Å². The van der Waals surface area contributed by atoms with E-state index in [0.717, 1.165) is 51.0 Å². The van der Waals surface area contributed by atoms with Gasteiger partial charge in [-0.1, -0.05) is 25.5 Å². The minimum absolute atomic E-state index is 0.0844. The molecule has 2 atom stereocenters. The minimum atomic E-state index is -0.0844. The predicted octanol–water partition coefficient (Wildman–Crippen LogP) is 2.22. The van der Waals surface area contributed by atoms with Gasteiger partial charge in [0.25, 0.3) is 5.91 Å². The van der Waals surface area contributed by atoms with E-state index in [2.05, 4.69) is 29.1 Å². The number of carbonyl (C=O) groups is 2. The number of nitrogens with zero attached hydrogens (tertiary/aromatic N) is 3. The molecule has 2 aliphatic rings. The Bertz CT molecular complexity index is 733. The standard InChI is InChI=1S/C24H38N4O3/c1-4-8-21-20(10-7-13-26(21)2)24(30)28-16-14-27(15-17-28)22-11-6-5-9-19(22)23(29)25-12-18-31-3/h5-6,9,11,20-21H,4,7-8,10,12-18H2,1-3H3,(H,25,29). The quantitative estimate of drug-likeness (QED) is 0.641. The van der Waals surface area contributed by atoms with Gasteiger partial charge in [0.2, 0.25) is 5.91 Å². The monoisotopic (exact) mass is 430 g/mol. The van der Waals surface area contributed by atoms with E-state index < -0.39 is 0 Å². The molecule has 2 aliphatic heterocycles. The van der Waals surface area contributed by atoms with Crippen LogP contribution >= 0.6 is 0 Å². The number of benzene rings is 1. The molecule has 2 amide bonds. The van der Waals surface area contributed by atoms with Crippen LogP contribution in [0, 0.1) is 5.92 Å². The molecule has 0 radical (unpaired) electrons. The van der Waals surface area contributed by atoms with E-state index in [1.54, 1.807) is 7.11 Å². The third-order valence-electron chi connectivity index (χ3n) is 6.63. The molecule has 172 valence electrons. The molecule has 7 nitrogen and oxygen atoms in total. The fourth-order valence-corrected chi connectivity index (χ4v) is 4.94. The number of methoxy groups -OCH3 is 1. The largest absolute Gasteiger partial charge is 0.383 e. The number of nitrogens with one attached hydrogen (secondary N) is 1. The van der Waals surface area contributed by atoms with Gasteiger partial charge in [-0.05, 0) is 45.0 Å². The van der Waals surface area contributed by atoms with E-state index in [-0.39, 0.29) is 11.8 Å². The number of amides is 2. The lowest BCUT2D eigenvalue weighted by Gasteiger charge is -2.43. The molecule has 1 aromatic rings. The molecule has 3 rings (SSSR count). The lowest BCUT2D eigenvalue weighted by atomic mass is 9.85. The van der Waals surface area contributed by atoms with Crippen LogP contribution in [0.2, 0.25) is 0 Å². The van der Waals surface area contributed by atoms with Gasteiger partial charge in [-0.15, -0.1) is 0 Å². The summed E-state index contributed by atoms with van der Waals surface area (Å²) >= 11 is 0. The Labute approximate surface area is 186 Å². The van der Waals surface area contributed by atoms with Crippen molar-refractivity contribution in [2.24, 2.45) is 5.92 Å². The van der Waals surface area contributed by atoms with Crippen LogP contribution in [-0.2, 0) is 9.53 Å². The Morgan fingerprint density at radius 3 is 2.58 bits per heavy atom. The molecule has 2 fully saturated rings. The van der Waals surface area contributed by atoms with E-state index in [0.29, 0.717) is 43.8 Å². The molecule has 2 unspecified atom stereocenters. The van der Waals surface area contributed by atoms with Crippen LogP contribution in [0.3, 0.4) is 0 Å². The smallest absolute Gasteiger partial charge is 0.253 e. The first-order chi connectivity index (χ1) is 15.1. The molecule has 0 spiro atoms. The lowest BCUT2D eigenvalue weighted by molar-refractivity contribution is -0.139. The zero-order valence-electron chi connectivity index (χ0n) is 19.3. The summed E-state index contributed by atoms with van der Waals surface area (Å²) in [6.45, 7) is 7.17. The summed E-state index contributed by atoms with van der Waals surface area (Å²) in [5, 5.41) is 2.91. The topological polar surface area (TPSA) is 65.1 Å². The Morgan fingerprint density at radius 2 is 1.87 bits per heavy atom.